The van der Waals surface area contributed by atoms with Crippen molar-refractivity contribution >= 4 is 11.6 Å². The van der Waals surface area contributed by atoms with Crippen LogP contribution in [-0.4, -0.2) is 19.3 Å². The minimum atomic E-state index is -4.70. The fourth-order valence-electron chi connectivity index (χ4n) is 2.19. The van der Waals surface area contributed by atoms with Crippen molar-refractivity contribution in [3.8, 4) is 5.75 Å². The predicted molar refractivity (Wildman–Crippen MR) is 89.3 cm³/mol. The second-order valence-corrected chi connectivity index (χ2v) is 5.42. The lowest BCUT2D eigenvalue weighted by Gasteiger charge is -2.09. The highest BCUT2D eigenvalue weighted by Crippen LogP contribution is 2.23. The van der Waals surface area contributed by atoms with Gasteiger partial charge in [0.25, 0.3) is 0 Å². The second kappa shape index (κ2) is 8.41. The molecule has 0 aliphatic carbocycles. The maximum absolute atomic E-state index is 12.1. The molecule has 4 nitrogen and oxygen atoms in total. The highest BCUT2D eigenvalue weighted by atomic mass is 19.4. The predicted octanol–water partition coefficient (Wildman–Crippen LogP) is 3.88. The summed E-state index contributed by atoms with van der Waals surface area (Å²) < 4.78 is 40.1. The lowest BCUT2D eigenvalue weighted by Crippen LogP contribution is -2.23. The molecule has 25 heavy (non-hydrogen) atoms. The Morgan fingerprint density at radius 3 is 2.16 bits per heavy atom. The molecule has 0 aliphatic heterocycles. The number of benzene rings is 2. The van der Waals surface area contributed by atoms with E-state index in [4.69, 9.17) is 0 Å². The largest absolute Gasteiger partial charge is 0.573 e. The third-order valence-electron chi connectivity index (χ3n) is 3.53. The van der Waals surface area contributed by atoms with E-state index in [2.05, 4.69) is 15.4 Å². The summed E-state index contributed by atoms with van der Waals surface area (Å²) in [4.78, 5) is 11.9. The summed E-state index contributed by atoms with van der Waals surface area (Å²) in [5.41, 5.74) is 2.75. The van der Waals surface area contributed by atoms with Gasteiger partial charge in [0.1, 0.15) is 5.75 Å². The number of nitrogens with one attached hydrogen (secondary N) is 2. The molecule has 0 radical (unpaired) electrons. The summed E-state index contributed by atoms with van der Waals surface area (Å²) in [5, 5.41) is 5.83. The van der Waals surface area contributed by atoms with Crippen LogP contribution in [0.15, 0.2) is 48.5 Å². The average molecular weight is 352 g/mol. The first-order valence-corrected chi connectivity index (χ1v) is 7.74. The van der Waals surface area contributed by atoms with Gasteiger partial charge in [-0.1, -0.05) is 24.3 Å². The molecule has 2 aromatic carbocycles. The lowest BCUT2D eigenvalue weighted by molar-refractivity contribution is -0.274. The van der Waals surface area contributed by atoms with Crippen molar-refractivity contribution in [1.29, 1.82) is 0 Å². The van der Waals surface area contributed by atoms with Crippen molar-refractivity contribution in [3.63, 3.8) is 0 Å². The molecular weight excluding hydrogens is 333 g/mol. The van der Waals surface area contributed by atoms with E-state index in [-0.39, 0.29) is 18.1 Å². The number of aryl methyl sites for hydroxylation is 1. The van der Waals surface area contributed by atoms with Gasteiger partial charge >= 0.3 is 6.36 Å². The number of hydrogen-bond acceptors (Lipinski definition) is 3. The highest BCUT2D eigenvalue weighted by Gasteiger charge is 2.30. The Balaban J connectivity index is 1.75. The molecule has 0 unspecified atom stereocenters. The number of alkyl halides is 3. The Morgan fingerprint density at radius 2 is 1.60 bits per heavy atom. The Hall–Kier alpha value is -2.70. The maximum atomic E-state index is 12.1. The van der Waals surface area contributed by atoms with Gasteiger partial charge in [-0.15, -0.1) is 13.2 Å². The average Bonchev–Trinajstić information content (AvgIpc) is 2.58. The molecule has 0 aliphatic rings. The van der Waals surface area contributed by atoms with E-state index in [1.165, 1.54) is 24.3 Å². The standard InChI is InChI=1S/C18H19F3N2O2/c1-22-15-7-2-14(3-8-15)12-23-17(24)11-6-13-4-9-16(10-5-13)25-18(19,20)21/h2-5,7-10,22H,6,11-12H2,1H3,(H,23,24). The molecule has 2 N–H and O–H groups in total. The van der Waals surface area contributed by atoms with Crippen molar-refractivity contribution in [2.75, 3.05) is 12.4 Å². The van der Waals surface area contributed by atoms with Gasteiger partial charge in [-0.25, -0.2) is 0 Å². The molecule has 0 bridgehead atoms. The molecule has 1 amide bonds. The highest BCUT2D eigenvalue weighted by molar-refractivity contribution is 5.76. The number of anilines is 1. The van der Waals surface area contributed by atoms with Gasteiger partial charge < -0.3 is 15.4 Å². The topological polar surface area (TPSA) is 50.4 Å². The summed E-state index contributed by atoms with van der Waals surface area (Å²) in [6, 6.07) is 13.2. The lowest BCUT2D eigenvalue weighted by atomic mass is 10.1. The Bertz CT molecular complexity index is 683. The number of carbonyl (C=O) groups is 1. The molecule has 0 saturated heterocycles. The van der Waals surface area contributed by atoms with Crippen LogP contribution in [0.2, 0.25) is 0 Å². The zero-order valence-electron chi connectivity index (χ0n) is 13.7. The van der Waals surface area contributed by atoms with Gasteiger partial charge in [0, 0.05) is 25.7 Å². The molecule has 134 valence electrons. The number of rotatable bonds is 7. The van der Waals surface area contributed by atoms with Gasteiger partial charge in [-0.2, -0.15) is 0 Å². The molecular formula is C18H19F3N2O2. The Kier molecular flexibility index (Phi) is 6.27. The van der Waals surface area contributed by atoms with Gasteiger partial charge in [0.05, 0.1) is 0 Å². The molecule has 0 aromatic heterocycles. The molecule has 0 saturated carbocycles. The van der Waals surface area contributed by atoms with Crippen LogP contribution in [0.1, 0.15) is 17.5 Å². The third kappa shape index (κ3) is 6.74. The molecule has 0 spiro atoms. The Morgan fingerprint density at radius 1 is 1.00 bits per heavy atom. The molecule has 0 heterocycles. The normalized spacial score (nSPS) is 11.0. The molecule has 2 aromatic rings. The van der Waals surface area contributed by atoms with E-state index in [1.807, 2.05) is 31.3 Å². The first-order chi connectivity index (χ1) is 11.9. The zero-order valence-corrected chi connectivity index (χ0v) is 13.7. The van der Waals surface area contributed by atoms with Crippen LogP contribution in [0.3, 0.4) is 0 Å². The van der Waals surface area contributed by atoms with Crippen LogP contribution in [0.25, 0.3) is 0 Å². The summed E-state index contributed by atoms with van der Waals surface area (Å²) >= 11 is 0. The van der Waals surface area contributed by atoms with Crippen LogP contribution in [0, 0.1) is 0 Å². The molecule has 2 rings (SSSR count). The van der Waals surface area contributed by atoms with Crippen molar-refractivity contribution in [3.05, 3.63) is 59.7 Å². The Labute approximate surface area is 144 Å². The minimum Gasteiger partial charge on any atom is -0.406 e. The number of ether oxygens (including phenoxy) is 1. The van der Waals surface area contributed by atoms with Gasteiger partial charge in [-0.3, -0.25) is 4.79 Å². The van der Waals surface area contributed by atoms with E-state index in [0.717, 1.165) is 16.8 Å². The van der Waals surface area contributed by atoms with Gasteiger partial charge in [-0.05, 0) is 41.8 Å². The van der Waals surface area contributed by atoms with E-state index in [1.54, 1.807) is 0 Å². The third-order valence-corrected chi connectivity index (χ3v) is 3.53. The SMILES string of the molecule is CNc1ccc(CNC(=O)CCc2ccc(OC(F)(F)F)cc2)cc1. The van der Waals surface area contributed by atoms with Crippen LogP contribution in [-0.2, 0) is 17.8 Å². The summed E-state index contributed by atoms with van der Waals surface area (Å²) in [7, 11) is 1.83. The number of carbonyl (C=O) groups excluding carboxylic acids is 1. The van der Waals surface area contributed by atoms with Crippen LogP contribution >= 0.6 is 0 Å². The quantitative estimate of drug-likeness (QED) is 0.795. The maximum Gasteiger partial charge on any atom is 0.573 e. The van der Waals surface area contributed by atoms with Crippen molar-refractivity contribution in [2.45, 2.75) is 25.7 Å². The fourth-order valence-corrected chi connectivity index (χ4v) is 2.19. The van der Waals surface area contributed by atoms with Crippen molar-refractivity contribution in [2.24, 2.45) is 0 Å². The van der Waals surface area contributed by atoms with E-state index in [9.17, 15) is 18.0 Å². The van der Waals surface area contributed by atoms with Crippen molar-refractivity contribution in [1.82, 2.24) is 5.32 Å². The van der Waals surface area contributed by atoms with Crippen LogP contribution < -0.4 is 15.4 Å². The van der Waals surface area contributed by atoms with Crippen molar-refractivity contribution < 1.29 is 22.7 Å². The number of halogens is 3. The summed E-state index contributed by atoms with van der Waals surface area (Å²) in [6.07, 6.45) is -4.00. The second-order valence-electron chi connectivity index (χ2n) is 5.42. The minimum absolute atomic E-state index is 0.117. The van der Waals surface area contributed by atoms with Crippen LogP contribution in [0.4, 0.5) is 18.9 Å². The summed E-state index contributed by atoms with van der Waals surface area (Å²) in [5.74, 6) is -0.390. The fraction of sp³-hybridized carbons (Fsp3) is 0.278. The van der Waals surface area contributed by atoms with Crippen LogP contribution in [0.5, 0.6) is 5.75 Å². The number of hydrogen-bond donors (Lipinski definition) is 2. The van der Waals surface area contributed by atoms with E-state index in [0.29, 0.717) is 13.0 Å². The molecule has 0 fully saturated rings. The first kappa shape index (κ1) is 18.6. The molecule has 7 heteroatoms. The number of amides is 1. The zero-order chi connectivity index (χ0) is 18.3. The summed E-state index contributed by atoms with van der Waals surface area (Å²) in [6.45, 7) is 0.432. The molecule has 0 atom stereocenters. The van der Waals surface area contributed by atoms with Gasteiger partial charge in [0.2, 0.25) is 5.91 Å². The van der Waals surface area contributed by atoms with E-state index < -0.39 is 6.36 Å². The first-order valence-electron chi connectivity index (χ1n) is 7.74. The van der Waals surface area contributed by atoms with Gasteiger partial charge in [0.15, 0.2) is 0 Å². The van der Waals surface area contributed by atoms with E-state index >= 15 is 0 Å². The smallest absolute Gasteiger partial charge is 0.406 e. The monoisotopic (exact) mass is 352 g/mol.